The van der Waals surface area contributed by atoms with Crippen molar-refractivity contribution >= 4 is 5.97 Å². The SMILES string of the molecule is CC/C=C\C/C=C\CCCCCCCCCCCCCCC(=O)O. The van der Waals surface area contributed by atoms with Crippen LogP contribution in [0.5, 0.6) is 0 Å². The van der Waals surface area contributed by atoms with Crippen LogP contribution < -0.4 is 0 Å². The summed E-state index contributed by atoms with van der Waals surface area (Å²) < 4.78 is 0. The van der Waals surface area contributed by atoms with Gasteiger partial charge in [0.1, 0.15) is 0 Å². The highest BCUT2D eigenvalue weighted by Crippen LogP contribution is 2.13. The molecule has 0 rings (SSSR count). The lowest BCUT2D eigenvalue weighted by molar-refractivity contribution is -0.137. The van der Waals surface area contributed by atoms with Gasteiger partial charge in [0.15, 0.2) is 0 Å². The van der Waals surface area contributed by atoms with E-state index in [1.54, 1.807) is 0 Å². The van der Waals surface area contributed by atoms with Gasteiger partial charge in [-0.15, -0.1) is 0 Å². The molecule has 2 nitrogen and oxygen atoms in total. The number of hydrogen-bond donors (Lipinski definition) is 1. The largest absolute Gasteiger partial charge is 0.481 e. The Morgan fingerprint density at radius 2 is 1.12 bits per heavy atom. The molecule has 0 bridgehead atoms. The fourth-order valence-electron chi connectivity index (χ4n) is 2.86. The molecule has 0 heterocycles. The lowest BCUT2D eigenvalue weighted by atomic mass is 10.0. The highest BCUT2D eigenvalue weighted by molar-refractivity contribution is 5.66. The maximum absolute atomic E-state index is 10.4. The van der Waals surface area contributed by atoms with Gasteiger partial charge in [0, 0.05) is 6.42 Å². The second kappa shape index (κ2) is 20.0. The van der Waals surface area contributed by atoms with Crippen LogP contribution in [0, 0.1) is 0 Å². The number of carboxylic acid groups (broad SMARTS) is 1. The van der Waals surface area contributed by atoms with Gasteiger partial charge in [-0.1, -0.05) is 95.4 Å². The molecule has 0 atom stereocenters. The van der Waals surface area contributed by atoms with Gasteiger partial charge in [-0.05, 0) is 32.1 Å². The normalized spacial score (nSPS) is 11.7. The molecule has 0 aliphatic carbocycles. The molecule has 0 saturated carbocycles. The van der Waals surface area contributed by atoms with Crippen molar-refractivity contribution in [2.24, 2.45) is 0 Å². The molecule has 0 saturated heterocycles. The van der Waals surface area contributed by atoms with Crippen LogP contribution in [-0.4, -0.2) is 11.1 Å². The van der Waals surface area contributed by atoms with Crippen LogP contribution in [0.3, 0.4) is 0 Å². The third-order valence-corrected chi connectivity index (χ3v) is 4.35. The first-order chi connectivity index (χ1) is 11.8. The first kappa shape index (κ1) is 22.9. The summed E-state index contributed by atoms with van der Waals surface area (Å²) in [5.74, 6) is -0.657. The summed E-state index contributed by atoms with van der Waals surface area (Å²) in [7, 11) is 0. The first-order valence-electron chi connectivity index (χ1n) is 10.3. The van der Waals surface area contributed by atoms with E-state index in [4.69, 9.17) is 5.11 Å². The van der Waals surface area contributed by atoms with Gasteiger partial charge in [0.2, 0.25) is 0 Å². The lowest BCUT2D eigenvalue weighted by Crippen LogP contribution is -1.93. The number of hydrogen-bond acceptors (Lipinski definition) is 1. The van der Waals surface area contributed by atoms with Crippen molar-refractivity contribution < 1.29 is 9.90 Å². The molecule has 2 heteroatoms. The van der Waals surface area contributed by atoms with E-state index in [2.05, 4.69) is 31.2 Å². The minimum atomic E-state index is -0.657. The van der Waals surface area contributed by atoms with E-state index in [1.165, 1.54) is 70.6 Å². The summed E-state index contributed by atoms with van der Waals surface area (Å²) in [5.41, 5.74) is 0. The Balaban J connectivity index is 3.07. The Morgan fingerprint density at radius 1 is 0.667 bits per heavy atom. The van der Waals surface area contributed by atoms with Crippen LogP contribution in [0.2, 0.25) is 0 Å². The first-order valence-corrected chi connectivity index (χ1v) is 10.3. The number of carbonyl (C=O) groups is 1. The second-order valence-corrected chi connectivity index (χ2v) is 6.76. The highest BCUT2D eigenvalue weighted by atomic mass is 16.4. The molecule has 0 spiro atoms. The Bertz CT molecular complexity index is 318. The van der Waals surface area contributed by atoms with Crippen LogP contribution in [0.1, 0.15) is 110 Å². The van der Waals surface area contributed by atoms with E-state index in [-0.39, 0.29) is 0 Å². The molecular weight excluding hydrogens is 296 g/mol. The standard InChI is InChI=1S/C22H40O2/c1-2-3-4-5-6-7-8-9-10-11-12-13-14-15-16-17-18-19-20-21-22(23)24/h3-4,6-7H,2,5,8-21H2,1H3,(H,23,24)/b4-3-,7-6-. The quantitative estimate of drug-likeness (QED) is 0.208. The van der Waals surface area contributed by atoms with Crippen LogP contribution >= 0.6 is 0 Å². The zero-order chi connectivity index (χ0) is 17.7. The summed E-state index contributed by atoms with van der Waals surface area (Å²) >= 11 is 0. The molecule has 24 heavy (non-hydrogen) atoms. The lowest BCUT2D eigenvalue weighted by Gasteiger charge is -2.02. The van der Waals surface area contributed by atoms with Crippen molar-refractivity contribution in [3.63, 3.8) is 0 Å². The summed E-state index contributed by atoms with van der Waals surface area (Å²) in [4.78, 5) is 10.4. The van der Waals surface area contributed by atoms with E-state index >= 15 is 0 Å². The highest BCUT2D eigenvalue weighted by Gasteiger charge is 1.96. The zero-order valence-corrected chi connectivity index (χ0v) is 16.0. The smallest absolute Gasteiger partial charge is 0.303 e. The molecule has 0 aliphatic heterocycles. The average Bonchev–Trinajstić information content (AvgIpc) is 2.56. The number of rotatable bonds is 18. The molecule has 0 aliphatic rings. The van der Waals surface area contributed by atoms with Gasteiger partial charge in [0.05, 0.1) is 0 Å². The van der Waals surface area contributed by atoms with E-state index in [0.29, 0.717) is 6.42 Å². The number of aliphatic carboxylic acids is 1. The van der Waals surface area contributed by atoms with Crippen molar-refractivity contribution in [1.82, 2.24) is 0 Å². The Labute approximate surface area is 150 Å². The molecule has 0 radical (unpaired) electrons. The van der Waals surface area contributed by atoms with Gasteiger partial charge in [-0.3, -0.25) is 4.79 Å². The molecule has 0 fully saturated rings. The van der Waals surface area contributed by atoms with Gasteiger partial charge in [-0.2, -0.15) is 0 Å². The summed E-state index contributed by atoms with van der Waals surface area (Å²) in [6.45, 7) is 2.17. The minimum absolute atomic E-state index is 0.339. The van der Waals surface area contributed by atoms with Crippen LogP contribution in [-0.2, 0) is 4.79 Å². The number of allylic oxidation sites excluding steroid dienone is 4. The Hall–Kier alpha value is -1.05. The van der Waals surface area contributed by atoms with E-state index in [9.17, 15) is 4.79 Å². The molecule has 0 amide bonds. The maximum atomic E-state index is 10.4. The Kier molecular flexibility index (Phi) is 19.1. The topological polar surface area (TPSA) is 37.3 Å². The van der Waals surface area contributed by atoms with Crippen LogP contribution in [0.4, 0.5) is 0 Å². The molecule has 1 N–H and O–H groups in total. The summed E-state index contributed by atoms with van der Waals surface area (Å²) in [5, 5.41) is 8.55. The molecule has 0 aromatic carbocycles. The van der Waals surface area contributed by atoms with Gasteiger partial charge in [0.25, 0.3) is 0 Å². The van der Waals surface area contributed by atoms with Crippen molar-refractivity contribution in [2.45, 2.75) is 110 Å². The third kappa shape index (κ3) is 20.9. The average molecular weight is 337 g/mol. The molecular formula is C22H40O2. The van der Waals surface area contributed by atoms with Crippen LogP contribution in [0.15, 0.2) is 24.3 Å². The van der Waals surface area contributed by atoms with Crippen molar-refractivity contribution in [3.05, 3.63) is 24.3 Å². The molecule has 0 unspecified atom stereocenters. The molecule has 0 aromatic rings. The van der Waals surface area contributed by atoms with Gasteiger partial charge < -0.3 is 5.11 Å². The van der Waals surface area contributed by atoms with Crippen molar-refractivity contribution in [3.8, 4) is 0 Å². The monoisotopic (exact) mass is 336 g/mol. The van der Waals surface area contributed by atoms with Crippen LogP contribution in [0.25, 0.3) is 0 Å². The van der Waals surface area contributed by atoms with Gasteiger partial charge >= 0.3 is 5.97 Å². The minimum Gasteiger partial charge on any atom is -0.481 e. The Morgan fingerprint density at radius 3 is 1.62 bits per heavy atom. The van der Waals surface area contributed by atoms with E-state index in [1.807, 2.05) is 0 Å². The molecule has 140 valence electrons. The number of carboxylic acids is 1. The fraction of sp³-hybridized carbons (Fsp3) is 0.773. The predicted octanol–water partition coefficient (Wildman–Crippen LogP) is 7.44. The summed E-state index contributed by atoms with van der Waals surface area (Å²) in [6, 6.07) is 0. The van der Waals surface area contributed by atoms with Crippen molar-refractivity contribution in [1.29, 1.82) is 0 Å². The fourth-order valence-corrected chi connectivity index (χ4v) is 2.86. The predicted molar refractivity (Wildman–Crippen MR) is 105 cm³/mol. The molecule has 0 aromatic heterocycles. The summed E-state index contributed by atoms with van der Waals surface area (Å²) in [6.07, 6.45) is 28.2. The maximum Gasteiger partial charge on any atom is 0.303 e. The second-order valence-electron chi connectivity index (χ2n) is 6.76. The zero-order valence-electron chi connectivity index (χ0n) is 16.0. The van der Waals surface area contributed by atoms with E-state index in [0.717, 1.165) is 25.7 Å². The van der Waals surface area contributed by atoms with E-state index < -0.39 is 5.97 Å². The van der Waals surface area contributed by atoms with Crippen molar-refractivity contribution in [2.75, 3.05) is 0 Å². The third-order valence-electron chi connectivity index (χ3n) is 4.35. The van der Waals surface area contributed by atoms with Gasteiger partial charge in [-0.25, -0.2) is 0 Å². The number of unbranched alkanes of at least 4 members (excludes halogenated alkanes) is 12.